The van der Waals surface area contributed by atoms with Crippen molar-refractivity contribution >= 4 is 0 Å². The fraction of sp³-hybridized carbons (Fsp3) is 0.375. The van der Waals surface area contributed by atoms with Crippen molar-refractivity contribution in [2.24, 2.45) is 0 Å². The van der Waals surface area contributed by atoms with Crippen LogP contribution in [0.3, 0.4) is 0 Å². The van der Waals surface area contributed by atoms with Crippen molar-refractivity contribution in [2.75, 3.05) is 13.2 Å². The average molecular weight is 259 g/mol. The number of rotatable bonds is 7. The highest BCUT2D eigenvalue weighted by atomic mass is 16.5. The molecule has 0 aliphatic carbocycles. The molecule has 1 N–H and O–H groups in total. The minimum Gasteiger partial charge on any atom is -0.493 e. The minimum absolute atomic E-state index is 0.734. The number of benzene rings is 1. The smallest absolute Gasteiger partial charge is 0.127 e. The van der Waals surface area contributed by atoms with Crippen LogP contribution in [0, 0.1) is 0 Å². The Morgan fingerprint density at radius 3 is 2.74 bits per heavy atom. The highest BCUT2D eigenvalue weighted by molar-refractivity contribution is 5.71. The zero-order valence-corrected chi connectivity index (χ0v) is 11.6. The molecule has 2 aromatic rings. The van der Waals surface area contributed by atoms with Crippen LogP contribution in [-0.4, -0.2) is 13.2 Å². The minimum atomic E-state index is 0.734. The monoisotopic (exact) mass is 259 g/mol. The van der Waals surface area contributed by atoms with Crippen LogP contribution in [0.1, 0.15) is 26.0 Å². The van der Waals surface area contributed by atoms with Crippen molar-refractivity contribution in [1.29, 1.82) is 0 Å². The molecule has 2 rings (SSSR count). The highest BCUT2D eigenvalue weighted by Crippen LogP contribution is 2.33. The molecular formula is C16H21NO2. The van der Waals surface area contributed by atoms with Crippen molar-refractivity contribution < 1.29 is 9.15 Å². The zero-order chi connectivity index (χ0) is 13.5. The summed E-state index contributed by atoms with van der Waals surface area (Å²) in [5.74, 6) is 1.87. The first-order chi connectivity index (χ1) is 9.36. The molecule has 19 heavy (non-hydrogen) atoms. The molecule has 0 atom stereocenters. The Labute approximate surface area is 114 Å². The van der Waals surface area contributed by atoms with Crippen LogP contribution in [0.15, 0.2) is 41.0 Å². The van der Waals surface area contributed by atoms with Gasteiger partial charge in [-0.3, -0.25) is 0 Å². The van der Waals surface area contributed by atoms with Gasteiger partial charge in [-0.1, -0.05) is 32.0 Å². The van der Waals surface area contributed by atoms with Crippen LogP contribution in [0.5, 0.6) is 5.75 Å². The van der Waals surface area contributed by atoms with E-state index in [1.807, 2.05) is 24.3 Å². The Kier molecular flexibility index (Phi) is 5.04. The lowest BCUT2D eigenvalue weighted by Gasteiger charge is -2.11. The first-order valence-corrected chi connectivity index (χ1v) is 6.86. The fourth-order valence-corrected chi connectivity index (χ4v) is 1.98. The lowest BCUT2D eigenvalue weighted by atomic mass is 10.1. The van der Waals surface area contributed by atoms with Gasteiger partial charge in [0.15, 0.2) is 0 Å². The van der Waals surface area contributed by atoms with E-state index in [-0.39, 0.29) is 0 Å². The molecule has 0 bridgehead atoms. The fourth-order valence-electron chi connectivity index (χ4n) is 1.98. The van der Waals surface area contributed by atoms with Gasteiger partial charge in [-0.05, 0) is 25.1 Å². The third-order valence-corrected chi connectivity index (χ3v) is 2.92. The highest BCUT2D eigenvalue weighted by Gasteiger charge is 2.12. The molecule has 1 heterocycles. The number of ether oxygens (including phenoxy) is 1. The Balaban J connectivity index is 2.28. The molecule has 0 aliphatic rings. The van der Waals surface area contributed by atoms with Crippen molar-refractivity contribution in [3.05, 3.63) is 42.4 Å². The van der Waals surface area contributed by atoms with E-state index >= 15 is 0 Å². The van der Waals surface area contributed by atoms with Crippen molar-refractivity contribution in [2.45, 2.75) is 26.8 Å². The van der Waals surface area contributed by atoms with Crippen LogP contribution in [0.2, 0.25) is 0 Å². The van der Waals surface area contributed by atoms with Gasteiger partial charge in [-0.2, -0.15) is 0 Å². The second-order valence-corrected chi connectivity index (χ2v) is 4.38. The van der Waals surface area contributed by atoms with E-state index in [1.165, 1.54) is 0 Å². The Morgan fingerprint density at radius 1 is 1.11 bits per heavy atom. The summed E-state index contributed by atoms with van der Waals surface area (Å²) in [4.78, 5) is 0. The van der Waals surface area contributed by atoms with Gasteiger partial charge in [0, 0.05) is 11.1 Å². The molecular weight excluding hydrogens is 238 g/mol. The normalized spacial score (nSPS) is 10.6. The SMILES string of the molecule is CCCOc1ccccc1-c1ccoc1CNCC. The van der Waals surface area contributed by atoms with Crippen LogP contribution >= 0.6 is 0 Å². The van der Waals surface area contributed by atoms with E-state index < -0.39 is 0 Å². The standard InChI is InChI=1S/C16H21NO2/c1-3-10-18-15-8-6-5-7-13(15)14-9-11-19-16(14)12-17-4-2/h5-9,11,17H,3-4,10,12H2,1-2H3. The topological polar surface area (TPSA) is 34.4 Å². The summed E-state index contributed by atoms with van der Waals surface area (Å²) in [7, 11) is 0. The second-order valence-electron chi connectivity index (χ2n) is 4.38. The Hall–Kier alpha value is -1.74. The lowest BCUT2D eigenvalue weighted by Crippen LogP contribution is -2.11. The number of hydrogen-bond acceptors (Lipinski definition) is 3. The van der Waals surface area contributed by atoms with E-state index in [1.54, 1.807) is 6.26 Å². The molecule has 3 heteroatoms. The van der Waals surface area contributed by atoms with Crippen LogP contribution in [-0.2, 0) is 6.54 Å². The molecule has 0 amide bonds. The molecule has 102 valence electrons. The third kappa shape index (κ3) is 3.38. The molecule has 3 nitrogen and oxygen atoms in total. The van der Waals surface area contributed by atoms with Gasteiger partial charge < -0.3 is 14.5 Å². The lowest BCUT2D eigenvalue weighted by molar-refractivity contribution is 0.318. The summed E-state index contributed by atoms with van der Waals surface area (Å²) in [6, 6.07) is 10.1. The summed E-state index contributed by atoms with van der Waals surface area (Å²) < 4.78 is 11.4. The number of nitrogens with one attached hydrogen (secondary N) is 1. The number of furan rings is 1. The maximum Gasteiger partial charge on any atom is 0.127 e. The van der Waals surface area contributed by atoms with Gasteiger partial charge in [0.25, 0.3) is 0 Å². The predicted octanol–water partition coefficient (Wildman–Crippen LogP) is 3.84. The van der Waals surface area contributed by atoms with Crippen molar-refractivity contribution in [1.82, 2.24) is 5.32 Å². The molecule has 0 saturated carbocycles. The maximum absolute atomic E-state index is 5.81. The van der Waals surface area contributed by atoms with E-state index in [0.29, 0.717) is 0 Å². The van der Waals surface area contributed by atoms with Gasteiger partial charge >= 0.3 is 0 Å². The van der Waals surface area contributed by atoms with E-state index in [0.717, 1.165) is 48.8 Å². The molecule has 0 radical (unpaired) electrons. The van der Waals surface area contributed by atoms with E-state index in [4.69, 9.17) is 9.15 Å². The molecule has 0 saturated heterocycles. The second kappa shape index (κ2) is 7.00. The molecule has 0 fully saturated rings. The van der Waals surface area contributed by atoms with Crippen LogP contribution in [0.4, 0.5) is 0 Å². The van der Waals surface area contributed by atoms with Gasteiger partial charge in [-0.15, -0.1) is 0 Å². The molecule has 0 aliphatic heterocycles. The summed E-state index contributed by atoms with van der Waals surface area (Å²) in [5, 5.41) is 3.29. The molecule has 1 aromatic carbocycles. The first-order valence-electron chi connectivity index (χ1n) is 6.86. The van der Waals surface area contributed by atoms with Crippen LogP contribution < -0.4 is 10.1 Å². The molecule has 0 spiro atoms. The number of hydrogen-bond donors (Lipinski definition) is 1. The Morgan fingerprint density at radius 2 is 1.95 bits per heavy atom. The maximum atomic E-state index is 5.81. The van der Waals surface area contributed by atoms with E-state index in [9.17, 15) is 0 Å². The summed E-state index contributed by atoms with van der Waals surface area (Å²) >= 11 is 0. The summed E-state index contributed by atoms with van der Waals surface area (Å²) in [6.07, 6.45) is 2.74. The molecule has 0 unspecified atom stereocenters. The van der Waals surface area contributed by atoms with Crippen molar-refractivity contribution in [3.63, 3.8) is 0 Å². The van der Waals surface area contributed by atoms with E-state index in [2.05, 4.69) is 25.2 Å². The third-order valence-electron chi connectivity index (χ3n) is 2.92. The van der Waals surface area contributed by atoms with Crippen molar-refractivity contribution in [3.8, 4) is 16.9 Å². The Bertz CT molecular complexity index is 505. The number of para-hydroxylation sites is 1. The first kappa shape index (κ1) is 13.7. The predicted molar refractivity (Wildman–Crippen MR) is 77.3 cm³/mol. The van der Waals surface area contributed by atoms with Crippen LogP contribution in [0.25, 0.3) is 11.1 Å². The summed E-state index contributed by atoms with van der Waals surface area (Å²) in [6.45, 7) is 6.59. The van der Waals surface area contributed by atoms with Gasteiger partial charge in [0.05, 0.1) is 19.4 Å². The average Bonchev–Trinajstić information content (AvgIpc) is 2.91. The quantitative estimate of drug-likeness (QED) is 0.820. The largest absolute Gasteiger partial charge is 0.493 e. The zero-order valence-electron chi connectivity index (χ0n) is 11.6. The van der Waals surface area contributed by atoms with Gasteiger partial charge in [0.2, 0.25) is 0 Å². The summed E-state index contributed by atoms with van der Waals surface area (Å²) in [5.41, 5.74) is 2.20. The van der Waals surface area contributed by atoms with Gasteiger partial charge in [0.1, 0.15) is 11.5 Å². The van der Waals surface area contributed by atoms with Gasteiger partial charge in [-0.25, -0.2) is 0 Å². The molecule has 1 aromatic heterocycles.